The topological polar surface area (TPSA) is 36.3 Å². The van der Waals surface area contributed by atoms with Crippen molar-refractivity contribution in [2.24, 2.45) is 11.8 Å². The molecule has 1 aromatic rings. The van der Waals surface area contributed by atoms with Crippen molar-refractivity contribution >= 4 is 0 Å². The first kappa shape index (κ1) is 13.6. The fourth-order valence-corrected chi connectivity index (χ4v) is 4.41. The molecular formula is C17H22N2O. The lowest BCUT2D eigenvalue weighted by molar-refractivity contribution is -0.165. The summed E-state index contributed by atoms with van der Waals surface area (Å²) in [6.07, 6.45) is 3.73. The summed E-state index contributed by atoms with van der Waals surface area (Å²) in [5.74, 6) is 1.05. The Morgan fingerprint density at radius 1 is 1.30 bits per heavy atom. The Morgan fingerprint density at radius 2 is 2.00 bits per heavy atom. The molecule has 3 atom stereocenters. The first-order valence-electron chi connectivity index (χ1n) is 7.45. The van der Waals surface area contributed by atoms with Crippen molar-refractivity contribution in [1.29, 1.82) is 5.26 Å². The van der Waals surface area contributed by atoms with Crippen LogP contribution in [0.15, 0.2) is 24.3 Å². The third-order valence-corrected chi connectivity index (χ3v) is 5.16. The van der Waals surface area contributed by atoms with E-state index in [4.69, 9.17) is 10.00 Å². The smallest absolute Gasteiger partial charge is 0.101 e. The average Bonchev–Trinajstić information content (AvgIpc) is 2.46. The molecule has 0 N–H and O–H groups in total. The summed E-state index contributed by atoms with van der Waals surface area (Å²) >= 11 is 0. The third-order valence-electron chi connectivity index (χ3n) is 5.16. The van der Waals surface area contributed by atoms with Crippen LogP contribution in [0.5, 0.6) is 0 Å². The zero-order valence-electron chi connectivity index (χ0n) is 12.3. The van der Waals surface area contributed by atoms with E-state index in [0.29, 0.717) is 11.8 Å². The molecule has 3 rings (SSSR count). The standard InChI is InChI=1S/C17H22N2O/c1-19-11-15-7-4-8-16(12-19)17(15,20-2)14-6-3-5-13(9-14)10-18/h3,5-6,9,15-16H,4,7-8,11-12H2,1-2H3/t15-,16+,17+. The van der Waals surface area contributed by atoms with Gasteiger partial charge in [0, 0.05) is 32.0 Å². The lowest BCUT2D eigenvalue weighted by Crippen LogP contribution is -2.58. The number of likely N-dealkylation sites (tertiary alicyclic amines) is 1. The van der Waals surface area contributed by atoms with E-state index in [2.05, 4.69) is 24.1 Å². The molecule has 2 aliphatic rings. The van der Waals surface area contributed by atoms with Gasteiger partial charge in [0.25, 0.3) is 0 Å². The maximum Gasteiger partial charge on any atom is 0.101 e. The number of rotatable bonds is 2. The van der Waals surface area contributed by atoms with Gasteiger partial charge in [0.05, 0.1) is 11.6 Å². The first-order valence-corrected chi connectivity index (χ1v) is 7.45. The molecule has 0 spiro atoms. The Labute approximate surface area is 121 Å². The molecule has 1 saturated carbocycles. The van der Waals surface area contributed by atoms with E-state index in [0.717, 1.165) is 18.7 Å². The Balaban J connectivity index is 2.08. The molecule has 20 heavy (non-hydrogen) atoms. The van der Waals surface area contributed by atoms with E-state index in [9.17, 15) is 0 Å². The van der Waals surface area contributed by atoms with E-state index >= 15 is 0 Å². The maximum atomic E-state index is 9.16. The molecule has 1 aromatic carbocycles. The minimum absolute atomic E-state index is 0.197. The quantitative estimate of drug-likeness (QED) is 0.829. The predicted octanol–water partition coefficient (Wildman–Crippen LogP) is 2.76. The van der Waals surface area contributed by atoms with Gasteiger partial charge in [-0.25, -0.2) is 0 Å². The van der Waals surface area contributed by atoms with Gasteiger partial charge in [-0.3, -0.25) is 0 Å². The van der Waals surface area contributed by atoms with Crippen molar-refractivity contribution in [3.8, 4) is 6.07 Å². The summed E-state index contributed by atoms with van der Waals surface area (Å²) in [6, 6.07) is 10.3. The largest absolute Gasteiger partial charge is 0.373 e. The number of nitriles is 1. The van der Waals surface area contributed by atoms with Crippen molar-refractivity contribution in [2.75, 3.05) is 27.2 Å². The van der Waals surface area contributed by atoms with Gasteiger partial charge in [-0.15, -0.1) is 0 Å². The SMILES string of the molecule is CO[C@@]1(c2cccc(C#N)c2)[C@@H]2CCC[C@H]1CN(C)C2. The van der Waals surface area contributed by atoms with E-state index in [1.165, 1.54) is 24.8 Å². The molecule has 2 fully saturated rings. The highest BCUT2D eigenvalue weighted by Crippen LogP contribution is 2.51. The lowest BCUT2D eigenvalue weighted by atomic mass is 9.62. The highest BCUT2D eigenvalue weighted by Gasteiger charge is 2.52. The zero-order valence-corrected chi connectivity index (χ0v) is 12.3. The summed E-state index contributed by atoms with van der Waals surface area (Å²) in [5.41, 5.74) is 1.73. The first-order chi connectivity index (χ1) is 9.70. The molecule has 1 heterocycles. The van der Waals surface area contributed by atoms with Crippen LogP contribution >= 0.6 is 0 Å². The molecule has 2 bridgehead atoms. The van der Waals surface area contributed by atoms with Crippen LogP contribution in [0.25, 0.3) is 0 Å². The van der Waals surface area contributed by atoms with Crippen LogP contribution in [0.3, 0.4) is 0 Å². The molecule has 3 heteroatoms. The van der Waals surface area contributed by atoms with Crippen molar-refractivity contribution < 1.29 is 4.74 Å². The molecule has 0 unspecified atom stereocenters. The molecule has 0 aromatic heterocycles. The van der Waals surface area contributed by atoms with E-state index < -0.39 is 0 Å². The van der Waals surface area contributed by atoms with E-state index in [1.807, 2.05) is 25.3 Å². The van der Waals surface area contributed by atoms with Crippen molar-refractivity contribution in [3.05, 3.63) is 35.4 Å². The monoisotopic (exact) mass is 270 g/mol. The second kappa shape index (κ2) is 5.20. The van der Waals surface area contributed by atoms with Gasteiger partial charge in [0.2, 0.25) is 0 Å². The summed E-state index contributed by atoms with van der Waals surface area (Å²) in [4.78, 5) is 2.43. The van der Waals surface area contributed by atoms with Crippen LogP contribution in [0.2, 0.25) is 0 Å². The number of ether oxygens (including phenoxy) is 1. The van der Waals surface area contributed by atoms with Gasteiger partial charge in [0.15, 0.2) is 0 Å². The number of fused-ring (bicyclic) bond motifs is 2. The molecule has 1 aliphatic heterocycles. The molecule has 0 amide bonds. The molecule has 0 radical (unpaired) electrons. The minimum Gasteiger partial charge on any atom is -0.373 e. The van der Waals surface area contributed by atoms with Crippen molar-refractivity contribution in [1.82, 2.24) is 4.90 Å². The van der Waals surface area contributed by atoms with Gasteiger partial charge in [-0.05, 0) is 37.6 Å². The molecule has 106 valence electrons. The van der Waals surface area contributed by atoms with Crippen LogP contribution in [0, 0.1) is 23.2 Å². The van der Waals surface area contributed by atoms with Crippen molar-refractivity contribution in [2.45, 2.75) is 24.9 Å². The van der Waals surface area contributed by atoms with Gasteiger partial charge in [0.1, 0.15) is 5.60 Å². The highest BCUT2D eigenvalue weighted by molar-refractivity contribution is 5.37. The van der Waals surface area contributed by atoms with Crippen LogP contribution < -0.4 is 0 Å². The van der Waals surface area contributed by atoms with Crippen molar-refractivity contribution in [3.63, 3.8) is 0 Å². The number of piperidine rings is 1. The lowest BCUT2D eigenvalue weighted by Gasteiger charge is -2.54. The molecular weight excluding hydrogens is 248 g/mol. The molecule has 1 aliphatic carbocycles. The number of hydrogen-bond acceptors (Lipinski definition) is 3. The fraction of sp³-hybridized carbons (Fsp3) is 0.588. The Hall–Kier alpha value is -1.37. The Bertz CT molecular complexity index is 520. The second-order valence-electron chi connectivity index (χ2n) is 6.24. The molecule has 3 nitrogen and oxygen atoms in total. The summed E-state index contributed by atoms with van der Waals surface area (Å²) in [6.45, 7) is 2.17. The summed E-state index contributed by atoms with van der Waals surface area (Å²) < 4.78 is 6.14. The van der Waals surface area contributed by atoms with E-state index in [1.54, 1.807) is 0 Å². The van der Waals surface area contributed by atoms with Crippen LogP contribution in [-0.4, -0.2) is 32.1 Å². The average molecular weight is 270 g/mol. The summed E-state index contributed by atoms with van der Waals surface area (Å²) in [5, 5.41) is 9.16. The maximum absolute atomic E-state index is 9.16. The fourth-order valence-electron chi connectivity index (χ4n) is 4.41. The number of nitrogens with zero attached hydrogens (tertiary/aromatic N) is 2. The zero-order chi connectivity index (χ0) is 14.2. The van der Waals surface area contributed by atoms with Crippen LogP contribution in [0.1, 0.15) is 30.4 Å². The predicted molar refractivity (Wildman–Crippen MR) is 78.2 cm³/mol. The minimum atomic E-state index is -0.197. The van der Waals surface area contributed by atoms with Gasteiger partial charge < -0.3 is 9.64 Å². The second-order valence-corrected chi connectivity index (χ2v) is 6.24. The number of hydrogen-bond donors (Lipinski definition) is 0. The van der Waals surface area contributed by atoms with E-state index in [-0.39, 0.29) is 5.60 Å². The van der Waals surface area contributed by atoms with Gasteiger partial charge in [-0.2, -0.15) is 5.26 Å². The highest BCUT2D eigenvalue weighted by atomic mass is 16.5. The van der Waals surface area contributed by atoms with Crippen LogP contribution in [-0.2, 0) is 10.3 Å². The van der Waals surface area contributed by atoms with Crippen LogP contribution in [0.4, 0.5) is 0 Å². The van der Waals surface area contributed by atoms with Gasteiger partial charge in [-0.1, -0.05) is 18.6 Å². The number of methoxy groups -OCH3 is 1. The summed E-state index contributed by atoms with van der Waals surface area (Å²) in [7, 11) is 4.05. The Morgan fingerprint density at radius 3 is 2.60 bits per heavy atom. The third kappa shape index (κ3) is 1.95. The van der Waals surface area contributed by atoms with Gasteiger partial charge >= 0.3 is 0 Å². The number of benzene rings is 1. The normalized spacial score (nSPS) is 33.6. The Kier molecular flexibility index (Phi) is 3.54. The molecule has 1 saturated heterocycles.